The lowest BCUT2D eigenvalue weighted by Gasteiger charge is -2.20. The Morgan fingerprint density at radius 2 is 1.55 bits per heavy atom. The van der Waals surface area contributed by atoms with Crippen molar-refractivity contribution in [2.45, 2.75) is 123 Å². The second-order valence-electron chi connectivity index (χ2n) is 10.8. The molecule has 0 spiro atoms. The third-order valence-electron chi connectivity index (χ3n) is 7.17. The van der Waals surface area contributed by atoms with E-state index < -0.39 is 6.04 Å². The van der Waals surface area contributed by atoms with E-state index in [4.69, 9.17) is 4.98 Å². The Balaban J connectivity index is 1.54. The Bertz CT molecular complexity index is 1010. The van der Waals surface area contributed by atoms with Gasteiger partial charge in [0.25, 0.3) is 0 Å². The van der Waals surface area contributed by atoms with Crippen LogP contribution in [0.15, 0.2) is 60.8 Å². The van der Waals surface area contributed by atoms with E-state index in [1.807, 2.05) is 0 Å². The van der Waals surface area contributed by atoms with Crippen molar-refractivity contribution in [3.63, 3.8) is 0 Å². The molecule has 40 heavy (non-hydrogen) atoms. The third kappa shape index (κ3) is 14.7. The number of nitrogens with zero attached hydrogens (tertiary/aromatic N) is 1. The van der Waals surface area contributed by atoms with E-state index in [2.05, 4.69) is 79.9 Å². The number of carbonyl (C=O) groups excluding carboxylic acids is 2. The number of nitrogens with one attached hydrogen (secondary N) is 1. The lowest BCUT2D eigenvalue weighted by Crippen LogP contribution is -2.39. The highest BCUT2D eigenvalue weighted by Crippen LogP contribution is 2.32. The summed E-state index contributed by atoms with van der Waals surface area (Å²) < 4.78 is 0. The molecule has 2 rings (SSSR count). The highest BCUT2D eigenvalue weighted by Gasteiger charge is 2.24. The van der Waals surface area contributed by atoms with Gasteiger partial charge in [0.1, 0.15) is 5.01 Å². The molecule has 1 aromatic heterocycles. The number of Topliss-reactive ketones (excluding diaryl/α,β-unsaturated/α-hetero) is 1. The Labute approximate surface area is 247 Å². The van der Waals surface area contributed by atoms with Crippen LogP contribution in [0.25, 0.3) is 0 Å². The molecule has 1 aromatic rings. The lowest BCUT2D eigenvalue weighted by atomic mass is 9.87. The summed E-state index contributed by atoms with van der Waals surface area (Å²) in [6.45, 7) is 6.19. The lowest BCUT2D eigenvalue weighted by molar-refractivity contribution is -0.127. The van der Waals surface area contributed by atoms with E-state index in [1.165, 1.54) is 36.3 Å². The number of aromatic nitrogens is 1. The number of carbonyl (C=O) groups is 2. The van der Waals surface area contributed by atoms with Crippen LogP contribution < -0.4 is 5.32 Å². The number of amides is 1. The topological polar surface area (TPSA) is 59.1 Å². The number of aryl methyl sites for hydroxylation is 1. The van der Waals surface area contributed by atoms with Gasteiger partial charge < -0.3 is 5.32 Å². The molecule has 0 fully saturated rings. The van der Waals surface area contributed by atoms with Crippen LogP contribution in [0, 0.1) is 5.92 Å². The number of unbranched alkanes of at least 4 members (excludes halogenated alkanes) is 2. The molecule has 1 N–H and O–H groups in total. The van der Waals surface area contributed by atoms with Crippen molar-refractivity contribution >= 4 is 23.0 Å². The fourth-order valence-corrected chi connectivity index (χ4v) is 6.00. The summed E-state index contributed by atoms with van der Waals surface area (Å²) in [5, 5.41) is 3.79. The first-order valence-electron chi connectivity index (χ1n) is 15.6. The third-order valence-corrected chi connectivity index (χ3v) is 8.29. The fraction of sp³-hybridized carbons (Fsp3) is 0.571. The summed E-state index contributed by atoms with van der Waals surface area (Å²) in [5.74, 6) is 0.759. The Hall–Kier alpha value is -2.53. The van der Waals surface area contributed by atoms with E-state index in [9.17, 15) is 9.59 Å². The highest BCUT2D eigenvalue weighted by atomic mass is 32.1. The van der Waals surface area contributed by atoms with Crippen molar-refractivity contribution < 1.29 is 9.59 Å². The molecule has 220 valence electrons. The van der Waals surface area contributed by atoms with Gasteiger partial charge in [0, 0.05) is 11.3 Å². The first-order chi connectivity index (χ1) is 19.5. The highest BCUT2D eigenvalue weighted by molar-refractivity contribution is 7.11. The Morgan fingerprint density at radius 3 is 2.17 bits per heavy atom. The number of hydrogen-bond donors (Lipinski definition) is 1. The molecule has 1 heterocycles. The molecule has 0 saturated carbocycles. The summed E-state index contributed by atoms with van der Waals surface area (Å²) in [6.07, 6.45) is 36.5. The second kappa shape index (κ2) is 21.2. The SMILES string of the molecule is CC/C=C\C/C=C\C/C=C\C/C=C\C/C=C\CCCC(=O)N[C@@H](C)C(=O)Cc1nc2c(s1)C[C@H](CCCC)CC2. The standard InChI is InChI=1S/C35H52N2O2S/c1-4-6-8-9-10-11-12-13-14-15-16-17-18-19-20-21-22-24-34(39)36-29(3)32(38)28-35-37-31-26-25-30(23-7-5-2)27-33(31)40-35/h6,8,10-11,13-14,16-17,19-20,29-30H,4-5,7,9,12,15,18,21-28H2,1-3H3,(H,36,39)/b8-6-,11-10-,14-13-,17-16-,20-19-/t29-,30+/m0/s1. The van der Waals surface area contributed by atoms with E-state index in [0.29, 0.717) is 12.8 Å². The van der Waals surface area contributed by atoms with Crippen molar-refractivity contribution in [1.82, 2.24) is 10.3 Å². The molecule has 1 aliphatic rings. The number of allylic oxidation sites excluding steroid dienone is 10. The van der Waals surface area contributed by atoms with Crippen molar-refractivity contribution in [1.29, 1.82) is 0 Å². The minimum Gasteiger partial charge on any atom is -0.347 e. The smallest absolute Gasteiger partial charge is 0.220 e. The van der Waals surface area contributed by atoms with Crippen LogP contribution in [0.4, 0.5) is 0 Å². The fourth-order valence-electron chi connectivity index (χ4n) is 4.76. The van der Waals surface area contributed by atoms with Gasteiger partial charge >= 0.3 is 0 Å². The van der Waals surface area contributed by atoms with Crippen LogP contribution in [-0.2, 0) is 28.9 Å². The molecular weight excluding hydrogens is 512 g/mol. The van der Waals surface area contributed by atoms with Crippen molar-refractivity contribution in [2.75, 3.05) is 0 Å². The molecule has 1 amide bonds. The van der Waals surface area contributed by atoms with E-state index in [0.717, 1.165) is 68.7 Å². The molecule has 0 aliphatic heterocycles. The van der Waals surface area contributed by atoms with Crippen LogP contribution in [0.3, 0.4) is 0 Å². The molecule has 0 radical (unpaired) electrons. The molecule has 0 bridgehead atoms. The maximum atomic E-state index is 12.7. The summed E-state index contributed by atoms with van der Waals surface area (Å²) in [6, 6.07) is -0.473. The van der Waals surface area contributed by atoms with Crippen LogP contribution in [0.1, 0.15) is 113 Å². The van der Waals surface area contributed by atoms with Crippen LogP contribution in [0.5, 0.6) is 0 Å². The molecule has 0 aromatic carbocycles. The van der Waals surface area contributed by atoms with Gasteiger partial charge in [-0.1, -0.05) is 93.9 Å². The van der Waals surface area contributed by atoms with Gasteiger partial charge in [-0.25, -0.2) is 4.98 Å². The number of fused-ring (bicyclic) bond motifs is 1. The van der Waals surface area contributed by atoms with Crippen molar-refractivity contribution in [3.8, 4) is 0 Å². The molecule has 1 aliphatic carbocycles. The molecule has 0 unspecified atom stereocenters. The predicted octanol–water partition coefficient (Wildman–Crippen LogP) is 8.98. The van der Waals surface area contributed by atoms with Gasteiger partial charge in [0.2, 0.25) is 5.91 Å². The molecule has 4 nitrogen and oxygen atoms in total. The number of thiazole rings is 1. The van der Waals surface area contributed by atoms with Gasteiger partial charge in [-0.2, -0.15) is 0 Å². The van der Waals surface area contributed by atoms with Gasteiger partial charge in [-0.05, 0) is 77.0 Å². The zero-order chi connectivity index (χ0) is 28.8. The first-order valence-corrected chi connectivity index (χ1v) is 16.4. The Morgan fingerprint density at radius 1 is 0.925 bits per heavy atom. The van der Waals surface area contributed by atoms with E-state index >= 15 is 0 Å². The minimum atomic E-state index is -0.473. The zero-order valence-corrected chi connectivity index (χ0v) is 26.0. The van der Waals surface area contributed by atoms with E-state index in [1.54, 1.807) is 18.3 Å². The van der Waals surface area contributed by atoms with E-state index in [-0.39, 0.29) is 11.7 Å². The molecule has 5 heteroatoms. The number of rotatable bonds is 20. The molecular formula is C35H52N2O2S. The average Bonchev–Trinajstić information content (AvgIpc) is 3.35. The normalized spacial score (nSPS) is 16.6. The van der Waals surface area contributed by atoms with Crippen LogP contribution >= 0.6 is 11.3 Å². The summed E-state index contributed by atoms with van der Waals surface area (Å²) in [7, 11) is 0. The maximum absolute atomic E-state index is 12.7. The van der Waals surface area contributed by atoms with Crippen LogP contribution in [-0.4, -0.2) is 22.7 Å². The van der Waals surface area contributed by atoms with Gasteiger partial charge in [-0.15, -0.1) is 11.3 Å². The van der Waals surface area contributed by atoms with Crippen LogP contribution in [0.2, 0.25) is 0 Å². The molecule has 0 saturated heterocycles. The number of ketones is 1. The largest absolute Gasteiger partial charge is 0.347 e. The monoisotopic (exact) mass is 564 g/mol. The van der Waals surface area contributed by atoms with Crippen molar-refractivity contribution in [2.24, 2.45) is 5.92 Å². The Kier molecular flexibility index (Phi) is 17.9. The van der Waals surface area contributed by atoms with Gasteiger partial charge in [0.05, 0.1) is 18.2 Å². The van der Waals surface area contributed by atoms with Gasteiger partial charge in [-0.3, -0.25) is 9.59 Å². The summed E-state index contributed by atoms with van der Waals surface area (Å²) >= 11 is 1.71. The maximum Gasteiger partial charge on any atom is 0.220 e. The molecule has 2 atom stereocenters. The summed E-state index contributed by atoms with van der Waals surface area (Å²) in [4.78, 5) is 31.2. The van der Waals surface area contributed by atoms with Crippen molar-refractivity contribution in [3.05, 3.63) is 76.3 Å². The minimum absolute atomic E-state index is 0.0415. The second-order valence-corrected chi connectivity index (χ2v) is 11.9. The zero-order valence-electron chi connectivity index (χ0n) is 25.2. The summed E-state index contributed by atoms with van der Waals surface area (Å²) in [5.41, 5.74) is 1.20. The number of hydrogen-bond acceptors (Lipinski definition) is 4. The average molecular weight is 565 g/mol. The first kappa shape index (κ1) is 33.7. The quantitative estimate of drug-likeness (QED) is 0.127. The predicted molar refractivity (Wildman–Crippen MR) is 172 cm³/mol. The van der Waals surface area contributed by atoms with Gasteiger partial charge in [0.15, 0.2) is 5.78 Å².